The van der Waals surface area contributed by atoms with Crippen molar-refractivity contribution in [1.29, 1.82) is 0 Å². The third kappa shape index (κ3) is 5.39. The fourth-order valence-corrected chi connectivity index (χ4v) is 2.44. The summed E-state index contributed by atoms with van der Waals surface area (Å²) in [7, 11) is 0. The predicted octanol–water partition coefficient (Wildman–Crippen LogP) is 4.30. The smallest absolute Gasteiger partial charge is 0.408 e. The first kappa shape index (κ1) is 18.0. The quantitative estimate of drug-likeness (QED) is 0.860. The van der Waals surface area contributed by atoms with E-state index in [0.29, 0.717) is 6.42 Å². The van der Waals surface area contributed by atoms with Gasteiger partial charge in [0.25, 0.3) is 0 Å². The van der Waals surface area contributed by atoms with E-state index in [1.54, 1.807) is 0 Å². The van der Waals surface area contributed by atoms with E-state index >= 15 is 0 Å². The molecule has 0 unspecified atom stereocenters. The van der Waals surface area contributed by atoms with E-state index < -0.39 is 11.7 Å². The molecule has 1 atom stereocenters. The molecule has 128 valence electrons. The van der Waals surface area contributed by atoms with Crippen LogP contribution < -0.4 is 5.32 Å². The number of rotatable bonds is 5. The van der Waals surface area contributed by atoms with Crippen molar-refractivity contribution in [2.75, 3.05) is 6.61 Å². The average Bonchev–Trinajstić information content (AvgIpc) is 2.54. The lowest BCUT2D eigenvalue weighted by molar-refractivity contribution is 0.0496. The lowest BCUT2D eigenvalue weighted by Crippen LogP contribution is -2.35. The molecule has 24 heavy (non-hydrogen) atoms. The molecule has 0 aliphatic rings. The van der Waals surface area contributed by atoms with Crippen LogP contribution in [-0.2, 0) is 4.74 Å². The van der Waals surface area contributed by atoms with Gasteiger partial charge in [0.1, 0.15) is 5.60 Å². The average molecular weight is 327 g/mol. The summed E-state index contributed by atoms with van der Waals surface area (Å²) < 4.78 is 5.30. The highest BCUT2D eigenvalue weighted by Crippen LogP contribution is 2.23. The molecule has 0 saturated heterocycles. The normalized spacial score (nSPS) is 12.5. The maximum atomic E-state index is 12.0. The number of nitrogens with one attached hydrogen (secondary N) is 1. The second-order valence-corrected chi connectivity index (χ2v) is 6.70. The molecular formula is C20H25NO3. The van der Waals surface area contributed by atoms with Gasteiger partial charge in [-0.15, -0.1) is 0 Å². The van der Waals surface area contributed by atoms with E-state index in [0.717, 1.165) is 16.7 Å². The van der Waals surface area contributed by atoms with Gasteiger partial charge >= 0.3 is 6.09 Å². The summed E-state index contributed by atoms with van der Waals surface area (Å²) >= 11 is 0. The fourth-order valence-electron chi connectivity index (χ4n) is 2.44. The molecule has 0 aliphatic heterocycles. The summed E-state index contributed by atoms with van der Waals surface area (Å²) in [5.74, 6) is 0. The molecule has 2 rings (SSSR count). The van der Waals surface area contributed by atoms with Crippen LogP contribution in [0.4, 0.5) is 4.79 Å². The van der Waals surface area contributed by atoms with Crippen molar-refractivity contribution < 1.29 is 14.6 Å². The molecular weight excluding hydrogens is 302 g/mol. The van der Waals surface area contributed by atoms with Gasteiger partial charge in [0.2, 0.25) is 0 Å². The van der Waals surface area contributed by atoms with Crippen molar-refractivity contribution in [2.45, 2.75) is 38.8 Å². The van der Waals surface area contributed by atoms with Crippen LogP contribution in [0.1, 0.15) is 38.8 Å². The Bertz CT molecular complexity index is 645. The van der Waals surface area contributed by atoms with Crippen molar-refractivity contribution in [3.05, 3.63) is 60.2 Å². The van der Waals surface area contributed by atoms with Gasteiger partial charge in [0.05, 0.1) is 6.04 Å². The number of carbonyl (C=O) groups is 1. The Morgan fingerprint density at radius 3 is 2.17 bits per heavy atom. The molecule has 0 radical (unpaired) electrons. The molecule has 0 spiro atoms. The second kappa shape index (κ2) is 7.97. The first-order valence-corrected chi connectivity index (χ1v) is 8.15. The monoisotopic (exact) mass is 327 g/mol. The summed E-state index contributed by atoms with van der Waals surface area (Å²) in [5.41, 5.74) is 2.64. The molecule has 0 aromatic heterocycles. The third-order valence-corrected chi connectivity index (χ3v) is 3.53. The summed E-state index contributed by atoms with van der Waals surface area (Å²) in [6.07, 6.45) is -0.0442. The number of aliphatic hydroxyl groups excluding tert-OH is 1. The van der Waals surface area contributed by atoms with E-state index in [9.17, 15) is 9.90 Å². The van der Waals surface area contributed by atoms with Crippen LogP contribution in [-0.4, -0.2) is 23.4 Å². The lowest BCUT2D eigenvalue weighted by Gasteiger charge is -2.23. The molecule has 0 heterocycles. The number of benzene rings is 2. The first-order valence-electron chi connectivity index (χ1n) is 8.15. The van der Waals surface area contributed by atoms with Crippen LogP contribution in [0.3, 0.4) is 0 Å². The largest absolute Gasteiger partial charge is 0.444 e. The standard InChI is InChI=1S/C20H25NO3/c1-20(2,3)24-19(23)21-18(13-14-22)17-11-9-16(10-12-17)15-7-5-4-6-8-15/h4-12,18,22H,13-14H2,1-3H3,(H,21,23)/t18-/m0/s1. The number of ether oxygens (including phenoxy) is 1. The molecule has 2 aromatic rings. The zero-order valence-electron chi connectivity index (χ0n) is 14.5. The van der Waals surface area contributed by atoms with Gasteiger partial charge in [0.15, 0.2) is 0 Å². The molecule has 4 nitrogen and oxygen atoms in total. The highest BCUT2D eigenvalue weighted by Gasteiger charge is 2.20. The fraction of sp³-hybridized carbons (Fsp3) is 0.350. The van der Waals surface area contributed by atoms with Crippen LogP contribution in [0.5, 0.6) is 0 Å². The Morgan fingerprint density at radius 2 is 1.62 bits per heavy atom. The van der Waals surface area contributed by atoms with E-state index in [-0.39, 0.29) is 12.6 Å². The van der Waals surface area contributed by atoms with E-state index in [4.69, 9.17) is 4.74 Å². The molecule has 0 aliphatic carbocycles. The van der Waals surface area contributed by atoms with Crippen LogP contribution in [0, 0.1) is 0 Å². The summed E-state index contributed by atoms with van der Waals surface area (Å²) in [6, 6.07) is 17.8. The predicted molar refractivity (Wildman–Crippen MR) is 95.7 cm³/mol. The van der Waals surface area contributed by atoms with Gasteiger partial charge in [0, 0.05) is 6.61 Å². The van der Waals surface area contributed by atoms with E-state index in [2.05, 4.69) is 17.4 Å². The molecule has 0 fully saturated rings. The Morgan fingerprint density at radius 1 is 1.04 bits per heavy atom. The van der Waals surface area contributed by atoms with Crippen molar-refractivity contribution in [3.63, 3.8) is 0 Å². The van der Waals surface area contributed by atoms with Gasteiger partial charge in [-0.25, -0.2) is 4.79 Å². The van der Waals surface area contributed by atoms with E-state index in [1.807, 2.05) is 63.2 Å². The highest BCUT2D eigenvalue weighted by molar-refractivity contribution is 5.69. The lowest BCUT2D eigenvalue weighted by atomic mass is 9.99. The van der Waals surface area contributed by atoms with Crippen molar-refractivity contribution >= 4 is 6.09 Å². The zero-order valence-corrected chi connectivity index (χ0v) is 14.5. The Hall–Kier alpha value is -2.33. The van der Waals surface area contributed by atoms with Gasteiger partial charge in [-0.2, -0.15) is 0 Å². The Kier molecular flexibility index (Phi) is 5.99. The number of alkyl carbamates (subject to hydrolysis) is 1. The molecule has 4 heteroatoms. The van der Waals surface area contributed by atoms with Crippen LogP contribution >= 0.6 is 0 Å². The minimum absolute atomic E-state index is 0.0130. The zero-order chi connectivity index (χ0) is 17.6. The molecule has 1 amide bonds. The highest BCUT2D eigenvalue weighted by atomic mass is 16.6. The number of carbonyl (C=O) groups excluding carboxylic acids is 1. The minimum Gasteiger partial charge on any atom is -0.444 e. The van der Waals surface area contributed by atoms with Gasteiger partial charge in [-0.1, -0.05) is 54.6 Å². The number of amides is 1. The SMILES string of the molecule is CC(C)(C)OC(=O)N[C@@H](CCO)c1ccc(-c2ccccc2)cc1. The van der Waals surface area contributed by atoms with Gasteiger partial charge in [-0.3, -0.25) is 0 Å². The van der Waals surface area contributed by atoms with Crippen molar-refractivity contribution in [3.8, 4) is 11.1 Å². The first-order chi connectivity index (χ1) is 11.4. The summed E-state index contributed by atoms with van der Waals surface area (Å²) in [4.78, 5) is 12.0. The number of aliphatic hydroxyl groups is 1. The Labute approximate surface area is 143 Å². The second-order valence-electron chi connectivity index (χ2n) is 6.70. The summed E-state index contributed by atoms with van der Waals surface area (Å²) in [6.45, 7) is 5.45. The molecule has 2 aromatic carbocycles. The van der Waals surface area contributed by atoms with Crippen LogP contribution in [0.25, 0.3) is 11.1 Å². The topological polar surface area (TPSA) is 58.6 Å². The number of hydrogen-bond acceptors (Lipinski definition) is 3. The number of hydrogen-bond donors (Lipinski definition) is 2. The minimum atomic E-state index is -0.551. The van der Waals surface area contributed by atoms with Crippen molar-refractivity contribution in [1.82, 2.24) is 5.32 Å². The molecule has 2 N–H and O–H groups in total. The maximum absolute atomic E-state index is 12.0. The van der Waals surface area contributed by atoms with Crippen molar-refractivity contribution in [2.24, 2.45) is 0 Å². The Balaban J connectivity index is 2.12. The molecule has 0 bridgehead atoms. The van der Waals surface area contributed by atoms with E-state index in [1.165, 1.54) is 0 Å². The van der Waals surface area contributed by atoms with Crippen LogP contribution in [0.2, 0.25) is 0 Å². The van der Waals surface area contributed by atoms with Crippen LogP contribution in [0.15, 0.2) is 54.6 Å². The maximum Gasteiger partial charge on any atom is 0.408 e. The third-order valence-electron chi connectivity index (χ3n) is 3.53. The summed E-state index contributed by atoms with van der Waals surface area (Å²) in [5, 5.41) is 12.1. The molecule has 0 saturated carbocycles. The van der Waals surface area contributed by atoms with Gasteiger partial charge < -0.3 is 15.2 Å². The van der Waals surface area contributed by atoms with Gasteiger partial charge in [-0.05, 0) is 43.9 Å².